The van der Waals surface area contributed by atoms with Crippen molar-refractivity contribution in [3.05, 3.63) is 58.4 Å². The number of hydrogen-bond acceptors (Lipinski definition) is 3. The van der Waals surface area contributed by atoms with Crippen LogP contribution in [0.1, 0.15) is 18.1 Å². The summed E-state index contributed by atoms with van der Waals surface area (Å²) in [5.41, 5.74) is 2.00. The first-order valence-corrected chi connectivity index (χ1v) is 10.5. The summed E-state index contributed by atoms with van der Waals surface area (Å²) in [6.07, 6.45) is 1.75. The minimum Gasteiger partial charge on any atom is -0.366 e. The lowest BCUT2D eigenvalue weighted by molar-refractivity contribution is 0.552. The van der Waals surface area contributed by atoms with E-state index in [4.69, 9.17) is 11.6 Å². The van der Waals surface area contributed by atoms with Gasteiger partial charge in [0.05, 0.1) is 28.5 Å². The van der Waals surface area contributed by atoms with E-state index in [1.165, 1.54) is 12.1 Å². The molecule has 2 rings (SSSR count). The molecule has 0 saturated heterocycles. The first-order valence-electron chi connectivity index (χ1n) is 8.50. The minimum atomic E-state index is -3.65. The zero-order chi connectivity index (χ0) is 20.0. The highest BCUT2D eigenvalue weighted by Crippen LogP contribution is 2.31. The number of nitrogens with zero attached hydrogens (tertiary/aromatic N) is 2. The minimum absolute atomic E-state index is 0.0838. The fourth-order valence-electron chi connectivity index (χ4n) is 2.28. The third kappa shape index (κ3) is 6.22. The van der Waals surface area contributed by atoms with Crippen molar-refractivity contribution in [3.8, 4) is 0 Å². The fourth-order valence-corrected chi connectivity index (χ4v) is 3.64. The Morgan fingerprint density at radius 1 is 1.30 bits per heavy atom. The number of hydrogen-bond donors (Lipinski definition) is 1. The maximum absolute atomic E-state index is 13.7. The Morgan fingerprint density at radius 2 is 2.00 bits per heavy atom. The van der Waals surface area contributed by atoms with Crippen molar-refractivity contribution in [1.29, 1.82) is 0 Å². The monoisotopic (exact) mass is 411 g/mol. The smallest absolute Gasteiger partial charge is 0.233 e. The Balaban J connectivity index is 2.12. The molecule has 2 aromatic rings. The van der Waals surface area contributed by atoms with E-state index in [-0.39, 0.29) is 12.2 Å². The molecule has 0 aliphatic carbocycles. The standard InChI is InChI=1S/C19H23ClFN3O2S/c1-4-24(3)13-22-19-11-14(2)18(12-16(19)20)23-27(25,26)10-9-15-7-5-6-8-17(15)21/h5-8,11-13,23H,4,9-10H2,1-3H3. The maximum atomic E-state index is 13.7. The van der Waals surface area contributed by atoms with Crippen molar-refractivity contribution in [1.82, 2.24) is 4.90 Å². The summed E-state index contributed by atoms with van der Waals surface area (Å²) in [6, 6.07) is 9.39. The Morgan fingerprint density at radius 3 is 2.67 bits per heavy atom. The van der Waals surface area contributed by atoms with Crippen LogP contribution in [-0.4, -0.2) is 39.0 Å². The van der Waals surface area contributed by atoms with Crippen LogP contribution in [0, 0.1) is 12.7 Å². The van der Waals surface area contributed by atoms with E-state index in [9.17, 15) is 12.8 Å². The largest absolute Gasteiger partial charge is 0.366 e. The highest BCUT2D eigenvalue weighted by atomic mass is 35.5. The highest BCUT2D eigenvalue weighted by Gasteiger charge is 2.15. The Bertz CT molecular complexity index is 933. The van der Waals surface area contributed by atoms with E-state index in [0.29, 0.717) is 27.5 Å². The van der Waals surface area contributed by atoms with Crippen LogP contribution < -0.4 is 4.72 Å². The molecular formula is C19H23ClFN3O2S. The van der Waals surface area contributed by atoms with Crippen LogP contribution >= 0.6 is 11.6 Å². The Hall–Kier alpha value is -2.12. The quantitative estimate of drug-likeness (QED) is 0.517. The molecule has 2 aromatic carbocycles. The molecule has 0 spiro atoms. The molecule has 0 saturated carbocycles. The lowest BCUT2D eigenvalue weighted by Crippen LogP contribution is -2.19. The van der Waals surface area contributed by atoms with E-state index in [2.05, 4.69) is 9.71 Å². The maximum Gasteiger partial charge on any atom is 0.233 e. The second-order valence-corrected chi connectivity index (χ2v) is 8.45. The molecule has 0 heterocycles. The molecule has 0 radical (unpaired) electrons. The van der Waals surface area contributed by atoms with Gasteiger partial charge in [-0.05, 0) is 49.6 Å². The second kappa shape index (κ2) is 9.19. The third-order valence-electron chi connectivity index (χ3n) is 4.05. The van der Waals surface area contributed by atoms with Crippen LogP contribution in [0.4, 0.5) is 15.8 Å². The Kier molecular flexibility index (Phi) is 7.21. The molecule has 0 atom stereocenters. The molecule has 8 heteroatoms. The number of nitrogens with one attached hydrogen (secondary N) is 1. The van der Waals surface area contributed by atoms with Crippen LogP contribution in [0.25, 0.3) is 0 Å². The molecule has 1 N–H and O–H groups in total. The summed E-state index contributed by atoms with van der Waals surface area (Å²) in [5.74, 6) is -0.641. The van der Waals surface area contributed by atoms with E-state index in [1.54, 1.807) is 37.5 Å². The van der Waals surface area contributed by atoms with Crippen LogP contribution in [-0.2, 0) is 16.4 Å². The molecule has 5 nitrogen and oxygen atoms in total. The first-order chi connectivity index (χ1) is 12.7. The average Bonchev–Trinajstić information content (AvgIpc) is 2.62. The summed E-state index contributed by atoms with van der Waals surface area (Å²) >= 11 is 6.23. The molecule has 0 aromatic heterocycles. The molecule has 0 aliphatic heterocycles. The van der Waals surface area contributed by atoms with Gasteiger partial charge in [-0.2, -0.15) is 0 Å². The van der Waals surface area contributed by atoms with Gasteiger partial charge in [0, 0.05) is 13.6 Å². The SMILES string of the molecule is CCN(C)C=Nc1cc(C)c(NS(=O)(=O)CCc2ccccc2F)cc1Cl. The zero-order valence-electron chi connectivity index (χ0n) is 15.5. The number of rotatable bonds is 8. The third-order valence-corrected chi connectivity index (χ3v) is 5.63. The average molecular weight is 412 g/mol. The van der Waals surface area contributed by atoms with Gasteiger partial charge < -0.3 is 4.90 Å². The molecule has 0 fully saturated rings. The van der Waals surface area contributed by atoms with Crippen LogP contribution in [0.15, 0.2) is 41.4 Å². The van der Waals surface area contributed by atoms with Gasteiger partial charge in [-0.3, -0.25) is 4.72 Å². The molecule has 27 heavy (non-hydrogen) atoms. The molecule has 0 aliphatic rings. The lowest BCUT2D eigenvalue weighted by Gasteiger charge is -2.13. The van der Waals surface area contributed by atoms with Crippen molar-refractivity contribution in [2.45, 2.75) is 20.3 Å². The van der Waals surface area contributed by atoms with Crippen molar-refractivity contribution in [2.24, 2.45) is 4.99 Å². The zero-order valence-corrected chi connectivity index (χ0v) is 17.1. The van der Waals surface area contributed by atoms with Gasteiger partial charge >= 0.3 is 0 Å². The summed E-state index contributed by atoms with van der Waals surface area (Å²) in [5, 5.41) is 0.341. The fraction of sp³-hybridized carbons (Fsp3) is 0.316. The van der Waals surface area contributed by atoms with Crippen molar-refractivity contribution in [2.75, 3.05) is 24.1 Å². The van der Waals surface area contributed by atoms with Gasteiger partial charge in [0.2, 0.25) is 10.0 Å². The summed E-state index contributed by atoms with van der Waals surface area (Å²) in [4.78, 5) is 6.20. The summed E-state index contributed by atoms with van der Waals surface area (Å²) in [7, 11) is -1.76. The second-order valence-electron chi connectivity index (χ2n) is 6.20. The predicted octanol–water partition coefficient (Wildman–Crippen LogP) is 4.38. The van der Waals surface area contributed by atoms with Crippen LogP contribution in [0.5, 0.6) is 0 Å². The number of halogens is 2. The molecule has 0 amide bonds. The number of benzene rings is 2. The normalized spacial score (nSPS) is 11.7. The Labute approximate surface area is 164 Å². The summed E-state index contributed by atoms with van der Waals surface area (Å²) in [6.45, 7) is 4.58. The van der Waals surface area contributed by atoms with Crippen LogP contribution in [0.2, 0.25) is 5.02 Å². The molecule has 0 bridgehead atoms. The van der Waals surface area contributed by atoms with Gasteiger partial charge in [-0.25, -0.2) is 17.8 Å². The van der Waals surface area contributed by atoms with E-state index in [1.807, 2.05) is 18.9 Å². The predicted molar refractivity (Wildman–Crippen MR) is 110 cm³/mol. The van der Waals surface area contributed by atoms with E-state index in [0.717, 1.165) is 6.54 Å². The molecule has 0 unspecified atom stereocenters. The van der Waals surface area contributed by atoms with Crippen molar-refractivity contribution in [3.63, 3.8) is 0 Å². The highest BCUT2D eigenvalue weighted by molar-refractivity contribution is 7.92. The van der Waals surface area contributed by atoms with Gasteiger partial charge in [0.15, 0.2) is 0 Å². The number of anilines is 1. The van der Waals surface area contributed by atoms with Crippen LogP contribution in [0.3, 0.4) is 0 Å². The van der Waals surface area contributed by atoms with Gasteiger partial charge in [-0.1, -0.05) is 29.8 Å². The lowest BCUT2D eigenvalue weighted by atomic mass is 10.2. The van der Waals surface area contributed by atoms with Crippen molar-refractivity contribution >= 4 is 39.3 Å². The first kappa shape index (κ1) is 21.2. The van der Waals surface area contributed by atoms with Gasteiger partial charge in [0.25, 0.3) is 0 Å². The van der Waals surface area contributed by atoms with Gasteiger partial charge in [-0.15, -0.1) is 0 Å². The molecular weight excluding hydrogens is 389 g/mol. The topological polar surface area (TPSA) is 61.8 Å². The number of aliphatic imine (C=N–C) groups is 1. The van der Waals surface area contributed by atoms with E-state index < -0.39 is 15.8 Å². The number of aryl methyl sites for hydroxylation is 2. The van der Waals surface area contributed by atoms with E-state index >= 15 is 0 Å². The molecule has 146 valence electrons. The number of sulfonamides is 1. The van der Waals surface area contributed by atoms with Gasteiger partial charge in [0.1, 0.15) is 5.82 Å². The van der Waals surface area contributed by atoms with Crippen molar-refractivity contribution < 1.29 is 12.8 Å². The summed E-state index contributed by atoms with van der Waals surface area (Å²) < 4.78 is 40.9.